The zero-order valence-corrected chi connectivity index (χ0v) is 15.0. The van der Waals surface area contributed by atoms with Crippen molar-refractivity contribution in [2.75, 3.05) is 0 Å². The zero-order valence-electron chi connectivity index (χ0n) is 15.0. The molecule has 0 amide bonds. The largest absolute Gasteiger partial charge is 0.462 e. The molecule has 8 nitrogen and oxygen atoms in total. The first-order valence-electron chi connectivity index (χ1n) is 8.32. The maximum absolute atomic E-state index is 12.2. The first-order valence-corrected chi connectivity index (χ1v) is 8.32. The first kappa shape index (κ1) is 18.0. The minimum Gasteiger partial charge on any atom is -0.462 e. The van der Waals surface area contributed by atoms with E-state index in [2.05, 4.69) is 0 Å². The fourth-order valence-electron chi connectivity index (χ4n) is 3.38. The summed E-state index contributed by atoms with van der Waals surface area (Å²) in [6, 6.07) is -1.01. The molecule has 0 spiro atoms. The van der Waals surface area contributed by atoms with Crippen molar-refractivity contribution in [2.24, 2.45) is 5.73 Å². The summed E-state index contributed by atoms with van der Waals surface area (Å²) in [5.41, 5.74) is 6.10. The molecule has 0 aromatic carbocycles. The van der Waals surface area contributed by atoms with Crippen molar-refractivity contribution in [1.29, 1.82) is 0 Å². The maximum atomic E-state index is 12.2. The number of carbonyl (C=O) groups excluding carboxylic acids is 1. The molecule has 0 aliphatic carbocycles. The van der Waals surface area contributed by atoms with Crippen LogP contribution in [0.15, 0.2) is 0 Å². The lowest BCUT2D eigenvalue weighted by Gasteiger charge is -2.39. The van der Waals surface area contributed by atoms with Crippen LogP contribution in [0.2, 0.25) is 0 Å². The molecule has 3 heterocycles. The van der Waals surface area contributed by atoms with Crippen LogP contribution in [0.4, 0.5) is 0 Å². The van der Waals surface area contributed by atoms with E-state index >= 15 is 0 Å². The molecule has 3 aliphatic heterocycles. The Morgan fingerprint density at radius 2 is 1.50 bits per heavy atom. The van der Waals surface area contributed by atoms with Crippen molar-refractivity contribution in [3.05, 3.63) is 0 Å². The number of rotatable bonds is 3. The van der Waals surface area contributed by atoms with Gasteiger partial charge in [-0.05, 0) is 41.5 Å². The summed E-state index contributed by atoms with van der Waals surface area (Å²) in [5.74, 6) is -2.18. The SMILES string of the molecule is CC(C)OC(=O)[C@@H](N)[C@H]1O[C@@H]2OC(C)(C)O[C@@H]2[C@H]2OC(C)(C)O[C@H]21. The lowest BCUT2D eigenvalue weighted by Crippen LogP contribution is -2.62. The van der Waals surface area contributed by atoms with Gasteiger partial charge in [-0.2, -0.15) is 0 Å². The average molecular weight is 345 g/mol. The van der Waals surface area contributed by atoms with Crippen molar-refractivity contribution in [3.8, 4) is 0 Å². The fraction of sp³-hybridized carbons (Fsp3) is 0.938. The lowest BCUT2D eigenvalue weighted by molar-refractivity contribution is -0.239. The van der Waals surface area contributed by atoms with Gasteiger partial charge in [-0.25, -0.2) is 0 Å². The topological polar surface area (TPSA) is 98.5 Å². The summed E-state index contributed by atoms with van der Waals surface area (Å²) >= 11 is 0. The van der Waals surface area contributed by atoms with Gasteiger partial charge in [0.25, 0.3) is 0 Å². The van der Waals surface area contributed by atoms with Gasteiger partial charge in [0.2, 0.25) is 0 Å². The zero-order chi connectivity index (χ0) is 17.9. The van der Waals surface area contributed by atoms with Gasteiger partial charge in [0.1, 0.15) is 30.5 Å². The Hall–Kier alpha value is -0.770. The highest BCUT2D eigenvalue weighted by atomic mass is 16.9. The molecule has 24 heavy (non-hydrogen) atoms. The van der Waals surface area contributed by atoms with E-state index in [-0.39, 0.29) is 6.10 Å². The molecule has 8 heteroatoms. The van der Waals surface area contributed by atoms with Crippen LogP contribution in [0, 0.1) is 0 Å². The Kier molecular flexibility index (Phi) is 4.43. The minimum atomic E-state index is -1.01. The minimum absolute atomic E-state index is 0.266. The quantitative estimate of drug-likeness (QED) is 0.745. The predicted molar refractivity (Wildman–Crippen MR) is 81.7 cm³/mol. The van der Waals surface area contributed by atoms with Crippen molar-refractivity contribution >= 4 is 5.97 Å². The molecule has 0 saturated carbocycles. The molecule has 3 rings (SSSR count). The van der Waals surface area contributed by atoms with E-state index in [1.807, 2.05) is 0 Å². The molecule has 3 fully saturated rings. The smallest absolute Gasteiger partial charge is 0.325 e. The fourth-order valence-corrected chi connectivity index (χ4v) is 3.38. The number of nitrogens with two attached hydrogens (primary N) is 1. The Morgan fingerprint density at radius 1 is 0.958 bits per heavy atom. The molecular formula is C16H27NO7. The number of hydrogen-bond donors (Lipinski definition) is 1. The van der Waals surface area contributed by atoms with Crippen LogP contribution < -0.4 is 5.73 Å². The van der Waals surface area contributed by atoms with Crippen LogP contribution in [0.5, 0.6) is 0 Å². The monoisotopic (exact) mass is 345 g/mol. The maximum Gasteiger partial charge on any atom is 0.325 e. The molecule has 0 radical (unpaired) electrons. The summed E-state index contributed by atoms with van der Waals surface area (Å²) < 4.78 is 34.8. The lowest BCUT2D eigenvalue weighted by atomic mass is 9.94. The summed E-state index contributed by atoms with van der Waals surface area (Å²) in [6.07, 6.45) is -3.13. The van der Waals surface area contributed by atoms with Gasteiger partial charge in [-0.3, -0.25) is 4.79 Å². The Balaban J connectivity index is 1.83. The second-order valence-corrected chi connectivity index (χ2v) is 7.65. The van der Waals surface area contributed by atoms with Gasteiger partial charge in [0.15, 0.2) is 17.9 Å². The number of carbonyl (C=O) groups is 1. The second-order valence-electron chi connectivity index (χ2n) is 7.65. The number of hydrogen-bond acceptors (Lipinski definition) is 8. The van der Waals surface area contributed by atoms with E-state index in [9.17, 15) is 4.79 Å². The highest BCUT2D eigenvalue weighted by molar-refractivity contribution is 5.76. The Morgan fingerprint density at radius 3 is 2.12 bits per heavy atom. The van der Waals surface area contributed by atoms with Crippen LogP contribution in [-0.2, 0) is 33.2 Å². The van der Waals surface area contributed by atoms with E-state index in [4.69, 9.17) is 34.2 Å². The normalized spacial score (nSPS) is 40.9. The van der Waals surface area contributed by atoms with Gasteiger partial charge in [0.05, 0.1) is 6.10 Å². The van der Waals surface area contributed by atoms with Gasteiger partial charge in [-0.15, -0.1) is 0 Å². The molecular weight excluding hydrogens is 318 g/mol. The van der Waals surface area contributed by atoms with Gasteiger partial charge < -0.3 is 34.2 Å². The van der Waals surface area contributed by atoms with Gasteiger partial charge in [-0.1, -0.05) is 0 Å². The van der Waals surface area contributed by atoms with Crippen LogP contribution in [-0.4, -0.2) is 60.4 Å². The molecule has 0 bridgehead atoms. The molecule has 138 valence electrons. The van der Waals surface area contributed by atoms with Crippen molar-refractivity contribution < 1.29 is 33.2 Å². The highest BCUT2D eigenvalue weighted by Crippen LogP contribution is 2.44. The average Bonchev–Trinajstić information content (AvgIpc) is 2.90. The van der Waals surface area contributed by atoms with Crippen LogP contribution in [0.3, 0.4) is 0 Å². The number of fused-ring (bicyclic) bond motifs is 3. The standard InChI is InChI=1S/C16H27NO7/c1-7(2)19-13(18)8(17)9-10-11(22-15(3,4)21-10)12-14(20-9)24-16(5,6)23-12/h7-12,14H,17H2,1-6H3/t8-,9+,10-,11-,12+,14+/m0/s1. The van der Waals surface area contributed by atoms with E-state index in [1.54, 1.807) is 41.5 Å². The molecule has 3 aliphatic rings. The first-order chi connectivity index (χ1) is 11.0. The van der Waals surface area contributed by atoms with Crippen LogP contribution in [0.25, 0.3) is 0 Å². The number of esters is 1. The van der Waals surface area contributed by atoms with Crippen molar-refractivity contribution in [3.63, 3.8) is 0 Å². The third-order valence-electron chi connectivity index (χ3n) is 4.17. The third-order valence-corrected chi connectivity index (χ3v) is 4.17. The Bertz CT molecular complexity index is 507. The van der Waals surface area contributed by atoms with E-state index in [0.29, 0.717) is 0 Å². The molecule has 0 unspecified atom stereocenters. The van der Waals surface area contributed by atoms with Gasteiger partial charge in [0, 0.05) is 0 Å². The molecule has 2 N–H and O–H groups in total. The van der Waals surface area contributed by atoms with Gasteiger partial charge >= 0.3 is 5.97 Å². The highest BCUT2D eigenvalue weighted by Gasteiger charge is 2.62. The summed E-state index contributed by atoms with van der Waals surface area (Å²) in [4.78, 5) is 12.2. The summed E-state index contributed by atoms with van der Waals surface area (Å²) in [7, 11) is 0. The number of ether oxygens (including phenoxy) is 6. The molecule has 3 saturated heterocycles. The summed E-state index contributed by atoms with van der Waals surface area (Å²) in [6.45, 7) is 10.7. The van der Waals surface area contributed by atoms with E-state index < -0.39 is 54.3 Å². The molecule has 0 aromatic heterocycles. The predicted octanol–water partition coefficient (Wildman–Crippen LogP) is 0.662. The van der Waals surface area contributed by atoms with Crippen LogP contribution >= 0.6 is 0 Å². The summed E-state index contributed by atoms with van der Waals surface area (Å²) in [5, 5.41) is 0. The third kappa shape index (κ3) is 3.31. The van der Waals surface area contributed by atoms with Crippen LogP contribution in [0.1, 0.15) is 41.5 Å². The van der Waals surface area contributed by atoms with E-state index in [1.165, 1.54) is 0 Å². The van der Waals surface area contributed by atoms with Crippen molar-refractivity contribution in [1.82, 2.24) is 0 Å². The molecule has 0 aromatic rings. The second kappa shape index (κ2) is 5.89. The van der Waals surface area contributed by atoms with Crippen molar-refractivity contribution in [2.45, 2.75) is 96.0 Å². The molecule has 6 atom stereocenters. The van der Waals surface area contributed by atoms with E-state index in [0.717, 1.165) is 0 Å². The Labute approximate surface area is 141 Å².